The van der Waals surface area contributed by atoms with Crippen molar-refractivity contribution in [3.8, 4) is 5.75 Å². The summed E-state index contributed by atoms with van der Waals surface area (Å²) in [6, 6.07) is 22.0. The summed E-state index contributed by atoms with van der Waals surface area (Å²) in [7, 11) is -4.76. The van der Waals surface area contributed by atoms with E-state index in [0.29, 0.717) is 22.3 Å². The molecule has 2 aromatic heterocycles. The van der Waals surface area contributed by atoms with Gasteiger partial charge in [0.05, 0.1) is 6.04 Å². The molecule has 382 valence electrons. The second kappa shape index (κ2) is 24.5. The van der Waals surface area contributed by atoms with Crippen LogP contribution in [-0.4, -0.2) is 94.6 Å². The van der Waals surface area contributed by atoms with Crippen molar-refractivity contribution < 1.29 is 45.9 Å². The van der Waals surface area contributed by atoms with E-state index in [1.165, 1.54) is 24.3 Å². The zero-order chi connectivity index (χ0) is 52.1. The van der Waals surface area contributed by atoms with Crippen molar-refractivity contribution in [3.63, 3.8) is 0 Å². The molecule has 6 amide bonds. The van der Waals surface area contributed by atoms with E-state index in [1.807, 2.05) is 76.2 Å². The molecule has 0 saturated heterocycles. The molecule has 0 fully saturated rings. The lowest BCUT2D eigenvalue weighted by atomic mass is 9.98. The van der Waals surface area contributed by atoms with Crippen LogP contribution in [0.5, 0.6) is 5.75 Å². The normalized spacial score (nSPS) is 14.2. The Balaban J connectivity index is 1.29. The number of nitrogens with one attached hydrogen (secondary N) is 7. The maximum atomic E-state index is 14.8. The molecule has 0 unspecified atom stereocenters. The van der Waals surface area contributed by atoms with Gasteiger partial charge in [-0.3, -0.25) is 33.3 Å². The first-order chi connectivity index (χ1) is 34.2. The molecule has 2 heterocycles. The lowest BCUT2D eigenvalue weighted by Gasteiger charge is -2.28. The highest BCUT2D eigenvalue weighted by Crippen LogP contribution is 2.22. The maximum Gasteiger partial charge on any atom is 0.446 e. The fourth-order valence-electron chi connectivity index (χ4n) is 8.46. The lowest BCUT2D eigenvalue weighted by molar-refractivity contribution is -0.135. The fraction of sp³-hybridized carbons (Fsp3) is 0.346. The number of para-hydroxylation sites is 2. The summed E-state index contributed by atoms with van der Waals surface area (Å²) in [6.07, 6.45) is 3.79. The minimum atomic E-state index is -4.76. The van der Waals surface area contributed by atoms with E-state index >= 15 is 0 Å². The molecule has 0 aliphatic carbocycles. The van der Waals surface area contributed by atoms with E-state index in [-0.39, 0.29) is 56.1 Å². The summed E-state index contributed by atoms with van der Waals surface area (Å²) in [5.74, 6) is -4.43. The maximum absolute atomic E-state index is 14.8. The van der Waals surface area contributed by atoms with Gasteiger partial charge in [-0.05, 0) is 77.6 Å². The van der Waals surface area contributed by atoms with Gasteiger partial charge in [0, 0.05) is 53.5 Å². The molecule has 6 atom stereocenters. The number of rotatable bonds is 25. The Kier molecular flexibility index (Phi) is 18.3. The monoisotopic (exact) mass is 1010 g/mol. The van der Waals surface area contributed by atoms with Crippen molar-refractivity contribution in [2.45, 2.75) is 102 Å². The third-order valence-electron chi connectivity index (χ3n) is 12.0. The van der Waals surface area contributed by atoms with Gasteiger partial charge in [-0.25, -0.2) is 0 Å². The minimum absolute atomic E-state index is 0.0232. The average Bonchev–Trinajstić information content (AvgIpc) is 3.94. The lowest BCUT2D eigenvalue weighted by Crippen LogP contribution is -2.60. The van der Waals surface area contributed by atoms with Crippen molar-refractivity contribution in [2.24, 2.45) is 23.3 Å². The van der Waals surface area contributed by atoms with Crippen LogP contribution >= 0.6 is 0 Å². The van der Waals surface area contributed by atoms with Crippen molar-refractivity contribution in [1.82, 2.24) is 36.6 Å². The summed E-state index contributed by atoms with van der Waals surface area (Å²) < 4.78 is 35.9. The van der Waals surface area contributed by atoms with Crippen LogP contribution in [0, 0.1) is 11.8 Å². The SMILES string of the molecule is CC(C)C[C@H](NC(=O)[C@H](CC(C)C)NC(=O)[C@@H](Cc1c[nH]c2ccccc12)NC(=O)[C@H](Cc1ccccc1)NC(=O)[C@@H](Cc1c[nH]c2ccccc12)NC(=O)[C@@H](N)Cc1ccc(OS(=O)(=O)O)cc1)C(N)=O. The number of hydrogen-bond acceptors (Lipinski definition) is 10. The number of hydrogen-bond donors (Lipinski definition) is 10. The van der Waals surface area contributed by atoms with Crippen LogP contribution in [0.2, 0.25) is 0 Å². The van der Waals surface area contributed by atoms with Gasteiger partial charge in [-0.2, -0.15) is 8.42 Å². The van der Waals surface area contributed by atoms with Crippen LogP contribution in [-0.2, 0) is 64.8 Å². The molecule has 19 nitrogen and oxygen atoms in total. The van der Waals surface area contributed by atoms with Crippen molar-refractivity contribution in [1.29, 1.82) is 0 Å². The average molecular weight is 1010 g/mol. The number of aromatic amines is 2. The van der Waals surface area contributed by atoms with Crippen LogP contribution in [0.4, 0.5) is 0 Å². The number of aromatic nitrogens is 2. The fourth-order valence-corrected chi connectivity index (χ4v) is 8.81. The second-order valence-corrected chi connectivity index (χ2v) is 19.8. The van der Waals surface area contributed by atoms with Crippen molar-refractivity contribution >= 4 is 67.6 Å². The van der Waals surface area contributed by atoms with Gasteiger partial charge >= 0.3 is 10.4 Å². The summed E-state index contributed by atoms with van der Waals surface area (Å²) in [5.41, 5.74) is 16.2. The van der Waals surface area contributed by atoms with E-state index in [4.69, 9.17) is 16.0 Å². The van der Waals surface area contributed by atoms with E-state index in [0.717, 1.165) is 21.8 Å². The van der Waals surface area contributed by atoms with E-state index in [2.05, 4.69) is 40.7 Å². The number of nitrogens with two attached hydrogens (primary N) is 2. The van der Waals surface area contributed by atoms with Gasteiger partial charge in [0.15, 0.2) is 0 Å². The number of fused-ring (bicyclic) bond motifs is 2. The summed E-state index contributed by atoms with van der Waals surface area (Å²) >= 11 is 0. The van der Waals surface area contributed by atoms with Crippen LogP contribution in [0.25, 0.3) is 21.8 Å². The third kappa shape index (κ3) is 15.5. The molecule has 12 N–H and O–H groups in total. The quantitative estimate of drug-likeness (QED) is 0.0371. The molecule has 0 aliphatic rings. The Morgan fingerprint density at radius 2 is 0.931 bits per heavy atom. The highest BCUT2D eigenvalue weighted by molar-refractivity contribution is 7.81. The summed E-state index contributed by atoms with van der Waals surface area (Å²) in [5, 5.41) is 15.7. The molecule has 4 aromatic carbocycles. The first-order valence-electron chi connectivity index (χ1n) is 23.7. The van der Waals surface area contributed by atoms with Crippen molar-refractivity contribution in [3.05, 3.63) is 138 Å². The van der Waals surface area contributed by atoms with Crippen LogP contribution in [0.1, 0.15) is 62.8 Å². The molecule has 0 aliphatic heterocycles. The highest BCUT2D eigenvalue weighted by Gasteiger charge is 2.34. The van der Waals surface area contributed by atoms with Crippen molar-refractivity contribution in [2.75, 3.05) is 0 Å². The Bertz CT molecular complexity index is 2960. The molecule has 72 heavy (non-hydrogen) atoms. The molecular formula is C52H63N9O10S. The Morgan fingerprint density at radius 1 is 0.528 bits per heavy atom. The van der Waals surface area contributed by atoms with Crippen LogP contribution in [0.3, 0.4) is 0 Å². The molecule has 6 aromatic rings. The third-order valence-corrected chi connectivity index (χ3v) is 12.4. The first kappa shape index (κ1) is 53.8. The van der Waals surface area contributed by atoms with Crippen LogP contribution < -0.4 is 42.2 Å². The minimum Gasteiger partial charge on any atom is -0.368 e. The Hall–Kier alpha value is -7.55. The Labute approximate surface area is 417 Å². The predicted molar refractivity (Wildman–Crippen MR) is 272 cm³/mol. The molecule has 0 spiro atoms. The number of H-pyrrole nitrogens is 2. The van der Waals surface area contributed by atoms with E-state index in [9.17, 15) is 37.2 Å². The Morgan fingerprint density at radius 3 is 1.42 bits per heavy atom. The zero-order valence-corrected chi connectivity index (χ0v) is 41.3. The van der Waals surface area contributed by atoms with Crippen LogP contribution in [0.15, 0.2) is 116 Å². The number of carbonyl (C=O) groups excluding carboxylic acids is 6. The van der Waals surface area contributed by atoms with Gasteiger partial charge in [0.25, 0.3) is 0 Å². The number of benzene rings is 4. The predicted octanol–water partition coefficient (Wildman–Crippen LogP) is 3.43. The van der Waals surface area contributed by atoms with Gasteiger partial charge in [0.2, 0.25) is 35.4 Å². The zero-order valence-electron chi connectivity index (χ0n) is 40.5. The largest absolute Gasteiger partial charge is 0.446 e. The molecule has 0 radical (unpaired) electrons. The van der Waals surface area contributed by atoms with Gasteiger partial charge in [-0.1, -0.05) is 107 Å². The number of carbonyl (C=O) groups is 6. The van der Waals surface area contributed by atoms with Gasteiger partial charge < -0.3 is 52.2 Å². The van der Waals surface area contributed by atoms with Gasteiger partial charge in [0.1, 0.15) is 36.0 Å². The second-order valence-electron chi connectivity index (χ2n) is 18.7. The standard InChI is InChI=1S/C52H63N9O10S/c1-30(2)22-42(47(54)62)57-49(64)43(23-31(3)4)59-52(67)46(27-35-29-56-41-17-11-9-15-38(35)41)61-50(65)44(25-32-12-6-5-7-13-32)60-51(66)45(26-34-28-55-40-16-10-8-14-37(34)40)58-48(63)39(53)24-33-18-20-36(21-19-33)71-72(68,69)70/h5-21,28-31,39,42-46,55-56H,22-27,53H2,1-4H3,(H2,54,62)(H,57,64)(H,58,63)(H,59,67)(H,60,66)(H,61,65)(H,68,69,70)/t39-,42-,43-,44-,45+,46+/m0/s1. The highest BCUT2D eigenvalue weighted by atomic mass is 32.3. The molecule has 0 bridgehead atoms. The molecule has 0 saturated carbocycles. The van der Waals surface area contributed by atoms with E-state index < -0.39 is 82.1 Å². The number of primary amides is 1. The first-order valence-corrected chi connectivity index (χ1v) is 25.1. The van der Waals surface area contributed by atoms with Gasteiger partial charge in [-0.15, -0.1) is 0 Å². The van der Waals surface area contributed by atoms with E-state index in [1.54, 1.807) is 42.7 Å². The smallest absolute Gasteiger partial charge is 0.368 e. The summed E-state index contributed by atoms with van der Waals surface area (Å²) in [4.78, 5) is 90.7. The summed E-state index contributed by atoms with van der Waals surface area (Å²) in [6.45, 7) is 7.53. The molecule has 6 rings (SSSR count). The molecular weight excluding hydrogens is 943 g/mol. The number of amides is 6. The molecule has 20 heteroatoms. The topological polar surface area (TPSA) is 310 Å².